The Balaban J connectivity index is 1.61. The number of fused-ring (bicyclic) bond motifs is 1. The summed E-state index contributed by atoms with van der Waals surface area (Å²) < 4.78 is 0.975. The molecule has 136 valence electrons. The summed E-state index contributed by atoms with van der Waals surface area (Å²) in [4.78, 5) is 4.49. The molecule has 0 aliphatic carbocycles. The highest BCUT2D eigenvalue weighted by Gasteiger charge is 2.30. The molecule has 0 bridgehead atoms. The highest BCUT2D eigenvalue weighted by Crippen LogP contribution is 2.34. The SMILES string of the molecule is Cc1ccc(/C=N/N2CC(O)=C(c3nc4ccccc4s3)C2=N)c(O)c1O. The number of aromatic hydroxyl groups is 2. The predicted molar refractivity (Wildman–Crippen MR) is 106 cm³/mol. The fourth-order valence-corrected chi connectivity index (χ4v) is 3.83. The van der Waals surface area contributed by atoms with Crippen LogP contribution in [0.5, 0.6) is 11.5 Å². The van der Waals surface area contributed by atoms with Crippen molar-refractivity contribution in [1.82, 2.24) is 9.99 Å². The van der Waals surface area contributed by atoms with E-state index in [4.69, 9.17) is 5.41 Å². The molecule has 0 amide bonds. The summed E-state index contributed by atoms with van der Waals surface area (Å²) in [6, 6.07) is 10.9. The molecule has 1 aliphatic heterocycles. The van der Waals surface area contributed by atoms with E-state index >= 15 is 0 Å². The Morgan fingerprint density at radius 3 is 2.70 bits per heavy atom. The topological polar surface area (TPSA) is 113 Å². The van der Waals surface area contributed by atoms with Gasteiger partial charge in [0.2, 0.25) is 0 Å². The van der Waals surface area contributed by atoms with Crippen molar-refractivity contribution in [2.24, 2.45) is 5.10 Å². The highest BCUT2D eigenvalue weighted by molar-refractivity contribution is 7.19. The number of rotatable bonds is 3. The van der Waals surface area contributed by atoms with Gasteiger partial charge in [0.1, 0.15) is 17.3 Å². The lowest BCUT2D eigenvalue weighted by Gasteiger charge is -2.11. The van der Waals surface area contributed by atoms with Gasteiger partial charge < -0.3 is 15.3 Å². The number of amidine groups is 1. The maximum atomic E-state index is 10.3. The standard InChI is InChI=1S/C19H16N4O3S/c1-10-6-7-11(17(26)16(10)25)8-21-23-9-13(24)15(18(23)20)19-22-12-4-2-3-5-14(12)27-19/h2-8,20,24-26H,9H2,1H3/b20-18?,21-8+. The fraction of sp³-hybridized carbons (Fsp3) is 0.105. The number of para-hydroxylation sites is 1. The maximum absolute atomic E-state index is 10.3. The zero-order valence-electron chi connectivity index (χ0n) is 14.3. The van der Waals surface area contributed by atoms with Crippen LogP contribution in [0.25, 0.3) is 15.8 Å². The third-order valence-electron chi connectivity index (χ3n) is 4.31. The van der Waals surface area contributed by atoms with Gasteiger partial charge in [-0.2, -0.15) is 5.10 Å². The number of aryl methyl sites for hydroxylation is 1. The van der Waals surface area contributed by atoms with E-state index < -0.39 is 0 Å². The Morgan fingerprint density at radius 1 is 1.15 bits per heavy atom. The van der Waals surface area contributed by atoms with Gasteiger partial charge in [-0.15, -0.1) is 11.3 Å². The Kier molecular flexibility index (Phi) is 4.04. The number of aromatic nitrogens is 1. The average Bonchev–Trinajstić information content (AvgIpc) is 3.19. The Hall–Kier alpha value is -3.39. The van der Waals surface area contributed by atoms with Crippen LogP contribution in [0.1, 0.15) is 16.1 Å². The van der Waals surface area contributed by atoms with Gasteiger partial charge in [-0.3, -0.25) is 5.41 Å². The molecule has 2 heterocycles. The van der Waals surface area contributed by atoms with Crippen LogP contribution in [-0.2, 0) is 0 Å². The fourth-order valence-electron chi connectivity index (χ4n) is 2.80. The first kappa shape index (κ1) is 17.0. The van der Waals surface area contributed by atoms with E-state index in [-0.39, 0.29) is 29.6 Å². The smallest absolute Gasteiger partial charge is 0.166 e. The second-order valence-corrected chi connectivity index (χ2v) is 7.16. The molecule has 1 aliphatic rings. The van der Waals surface area contributed by atoms with Crippen LogP contribution in [0.15, 0.2) is 47.3 Å². The van der Waals surface area contributed by atoms with Gasteiger partial charge >= 0.3 is 0 Å². The van der Waals surface area contributed by atoms with Crippen LogP contribution in [0.4, 0.5) is 0 Å². The molecule has 0 unspecified atom stereocenters. The van der Waals surface area contributed by atoms with Crippen molar-refractivity contribution in [1.29, 1.82) is 5.41 Å². The number of phenols is 2. The summed E-state index contributed by atoms with van der Waals surface area (Å²) >= 11 is 1.40. The molecular weight excluding hydrogens is 364 g/mol. The summed E-state index contributed by atoms with van der Waals surface area (Å²) in [5.41, 5.74) is 2.03. The van der Waals surface area contributed by atoms with Crippen molar-refractivity contribution < 1.29 is 15.3 Å². The summed E-state index contributed by atoms with van der Waals surface area (Å²) in [5.74, 6) is -0.426. The Morgan fingerprint density at radius 2 is 1.93 bits per heavy atom. The second kappa shape index (κ2) is 6.40. The second-order valence-electron chi connectivity index (χ2n) is 6.13. The average molecular weight is 380 g/mol. The molecule has 4 N–H and O–H groups in total. The van der Waals surface area contributed by atoms with E-state index in [1.807, 2.05) is 24.3 Å². The number of thiazole rings is 1. The number of phenolic OH excluding ortho intramolecular Hbond substituents is 2. The molecule has 0 fully saturated rings. The lowest BCUT2D eigenvalue weighted by molar-refractivity contribution is 0.358. The van der Waals surface area contributed by atoms with Crippen LogP contribution in [0.2, 0.25) is 0 Å². The lowest BCUT2D eigenvalue weighted by Crippen LogP contribution is -2.20. The van der Waals surface area contributed by atoms with E-state index in [0.29, 0.717) is 21.7 Å². The number of hydrogen-bond donors (Lipinski definition) is 4. The number of hydrogen-bond acceptors (Lipinski definition) is 7. The molecule has 1 aromatic heterocycles. The molecular formula is C19H16N4O3S. The molecule has 4 rings (SSSR count). The van der Waals surface area contributed by atoms with E-state index in [9.17, 15) is 15.3 Å². The van der Waals surface area contributed by atoms with Gasteiger partial charge in [0.15, 0.2) is 17.3 Å². The van der Waals surface area contributed by atoms with Gasteiger partial charge in [0, 0.05) is 5.56 Å². The minimum atomic E-state index is -0.270. The Bertz CT molecular complexity index is 1100. The lowest BCUT2D eigenvalue weighted by atomic mass is 10.1. The van der Waals surface area contributed by atoms with Gasteiger partial charge in [-0.25, -0.2) is 9.99 Å². The first-order valence-electron chi connectivity index (χ1n) is 8.15. The third kappa shape index (κ3) is 2.89. The first-order valence-corrected chi connectivity index (χ1v) is 8.97. The highest BCUT2D eigenvalue weighted by atomic mass is 32.1. The zero-order chi connectivity index (χ0) is 19.1. The van der Waals surface area contributed by atoms with Crippen LogP contribution in [-0.4, -0.2) is 43.9 Å². The maximum Gasteiger partial charge on any atom is 0.166 e. The molecule has 27 heavy (non-hydrogen) atoms. The predicted octanol–water partition coefficient (Wildman–Crippen LogP) is 3.61. The van der Waals surface area contributed by atoms with Crippen molar-refractivity contribution in [3.05, 3.63) is 58.3 Å². The van der Waals surface area contributed by atoms with Crippen molar-refractivity contribution in [2.75, 3.05) is 6.54 Å². The van der Waals surface area contributed by atoms with E-state index in [2.05, 4.69) is 10.1 Å². The molecule has 0 radical (unpaired) electrons. The summed E-state index contributed by atoms with van der Waals surface area (Å²) in [5, 5.41) is 44.5. The van der Waals surface area contributed by atoms with Gasteiger partial charge in [0.25, 0.3) is 0 Å². The number of nitrogens with zero attached hydrogens (tertiary/aromatic N) is 3. The van der Waals surface area contributed by atoms with E-state index in [1.165, 1.54) is 22.6 Å². The molecule has 8 heteroatoms. The zero-order valence-corrected chi connectivity index (χ0v) is 15.2. The quantitative estimate of drug-likeness (QED) is 0.409. The Labute approximate surface area is 158 Å². The van der Waals surface area contributed by atoms with E-state index in [0.717, 1.165) is 10.2 Å². The third-order valence-corrected chi connectivity index (χ3v) is 5.37. The summed E-state index contributed by atoms with van der Waals surface area (Å²) in [6.07, 6.45) is 1.34. The van der Waals surface area contributed by atoms with Gasteiger partial charge in [-0.05, 0) is 30.7 Å². The summed E-state index contributed by atoms with van der Waals surface area (Å²) in [6.45, 7) is 1.72. The normalized spacial score (nSPS) is 14.9. The van der Waals surface area contributed by atoms with Crippen LogP contribution < -0.4 is 0 Å². The largest absolute Gasteiger partial charge is 0.509 e. The van der Waals surface area contributed by atoms with Gasteiger partial charge in [0.05, 0.1) is 22.0 Å². The van der Waals surface area contributed by atoms with Crippen molar-refractivity contribution in [2.45, 2.75) is 6.92 Å². The van der Waals surface area contributed by atoms with Crippen molar-refractivity contribution in [3.8, 4) is 11.5 Å². The van der Waals surface area contributed by atoms with Crippen molar-refractivity contribution >= 4 is 39.2 Å². The minimum Gasteiger partial charge on any atom is -0.509 e. The van der Waals surface area contributed by atoms with Crippen LogP contribution in [0, 0.1) is 12.3 Å². The number of hydrazone groups is 1. The molecule has 0 spiro atoms. The molecule has 0 atom stereocenters. The van der Waals surface area contributed by atoms with E-state index in [1.54, 1.807) is 19.1 Å². The summed E-state index contributed by atoms with van der Waals surface area (Å²) in [7, 11) is 0. The number of benzene rings is 2. The number of aliphatic hydroxyl groups is 1. The molecule has 3 aromatic rings. The first-order chi connectivity index (χ1) is 13.0. The molecule has 7 nitrogen and oxygen atoms in total. The number of aliphatic hydroxyl groups excluding tert-OH is 1. The van der Waals surface area contributed by atoms with Gasteiger partial charge in [-0.1, -0.05) is 18.2 Å². The molecule has 2 aromatic carbocycles. The number of nitrogens with one attached hydrogen (secondary N) is 1. The molecule has 0 saturated heterocycles. The van der Waals surface area contributed by atoms with Crippen molar-refractivity contribution in [3.63, 3.8) is 0 Å². The molecule has 0 saturated carbocycles. The monoisotopic (exact) mass is 380 g/mol. The van der Waals surface area contributed by atoms with Crippen LogP contribution >= 0.6 is 11.3 Å². The van der Waals surface area contributed by atoms with Crippen LogP contribution in [0.3, 0.4) is 0 Å². The minimum absolute atomic E-state index is 0.0205.